The van der Waals surface area contributed by atoms with Gasteiger partial charge in [0.05, 0.1) is 5.52 Å². The molecule has 0 aliphatic carbocycles. The molecule has 1 aromatic heterocycles. The molecule has 0 bridgehead atoms. The van der Waals surface area contributed by atoms with E-state index in [-0.39, 0.29) is 10.8 Å². The second-order valence-corrected chi connectivity index (χ2v) is 10.2. The molecule has 0 saturated heterocycles. The van der Waals surface area contributed by atoms with Crippen LogP contribution in [0.3, 0.4) is 0 Å². The lowest BCUT2D eigenvalue weighted by Gasteiger charge is -2.24. The van der Waals surface area contributed by atoms with Crippen molar-refractivity contribution >= 4 is 37.7 Å². The summed E-state index contributed by atoms with van der Waals surface area (Å²) in [7, 11) is 0. The lowest BCUT2D eigenvalue weighted by Crippen LogP contribution is -2.13. The number of aromatic nitrogens is 1. The molecule has 0 saturated carbocycles. The zero-order valence-electron chi connectivity index (χ0n) is 17.7. The van der Waals surface area contributed by atoms with Crippen molar-refractivity contribution < 1.29 is 0 Å². The molecule has 28 heavy (non-hydrogen) atoms. The van der Waals surface area contributed by atoms with Crippen LogP contribution in [0.2, 0.25) is 0 Å². The van der Waals surface area contributed by atoms with Gasteiger partial charge in [0.25, 0.3) is 0 Å². The van der Waals surface area contributed by atoms with Gasteiger partial charge in [0.1, 0.15) is 0 Å². The smallest absolute Gasteiger partial charge is 0.0612 e. The summed E-state index contributed by atoms with van der Waals surface area (Å²) in [5.74, 6) is 0. The Balaban J connectivity index is 0.000000320. The van der Waals surface area contributed by atoms with Crippen LogP contribution in [0.1, 0.15) is 52.7 Å². The molecule has 0 spiro atoms. The Morgan fingerprint density at radius 3 is 1.61 bits per heavy atom. The van der Waals surface area contributed by atoms with Crippen molar-refractivity contribution in [2.45, 2.75) is 52.4 Å². The van der Waals surface area contributed by atoms with Gasteiger partial charge in [-0.15, -0.1) is 0 Å². The normalized spacial score (nSPS) is 12.1. The number of H-pyrrole nitrogens is 1. The summed E-state index contributed by atoms with van der Waals surface area (Å²) >= 11 is 3.72. The van der Waals surface area contributed by atoms with Crippen LogP contribution >= 0.6 is 15.9 Å². The average molecular weight is 436 g/mol. The molecule has 3 aromatic carbocycles. The Morgan fingerprint density at radius 1 is 0.607 bits per heavy atom. The summed E-state index contributed by atoms with van der Waals surface area (Å²) in [5.41, 5.74) is 5.46. The molecular weight excluding hydrogens is 406 g/mol. The third kappa shape index (κ3) is 4.17. The monoisotopic (exact) mass is 435 g/mol. The number of nitrogens with one attached hydrogen (secondary N) is 1. The summed E-state index contributed by atoms with van der Waals surface area (Å²) in [6.07, 6.45) is 0. The molecule has 1 heterocycles. The van der Waals surface area contributed by atoms with Crippen LogP contribution in [0.15, 0.2) is 71.2 Å². The Labute approximate surface area is 177 Å². The van der Waals surface area contributed by atoms with Gasteiger partial charge in [-0.25, -0.2) is 0 Å². The largest absolute Gasteiger partial charge is 0.354 e. The van der Waals surface area contributed by atoms with Crippen LogP contribution in [0, 0.1) is 0 Å². The Hall–Kier alpha value is -2.06. The highest BCUT2D eigenvalue weighted by atomic mass is 79.9. The lowest BCUT2D eigenvalue weighted by molar-refractivity contribution is 0.592. The number of aromatic amines is 1. The fourth-order valence-electron chi connectivity index (χ4n) is 3.65. The van der Waals surface area contributed by atoms with E-state index in [4.69, 9.17) is 0 Å². The number of fused-ring (bicyclic) bond motifs is 3. The molecule has 0 amide bonds. The fraction of sp³-hybridized carbons (Fsp3) is 0.308. The minimum Gasteiger partial charge on any atom is -0.354 e. The van der Waals surface area contributed by atoms with Crippen molar-refractivity contribution in [2.75, 3.05) is 0 Å². The maximum Gasteiger partial charge on any atom is 0.0612 e. The molecule has 0 fully saturated rings. The van der Waals surface area contributed by atoms with E-state index < -0.39 is 0 Å². The van der Waals surface area contributed by atoms with Gasteiger partial charge in [-0.1, -0.05) is 96.1 Å². The highest BCUT2D eigenvalue weighted by molar-refractivity contribution is 9.10. The minimum atomic E-state index is 0.110. The number of hydrogen-bond donors (Lipinski definition) is 1. The Kier molecular flexibility index (Phi) is 5.72. The van der Waals surface area contributed by atoms with E-state index in [2.05, 4.69) is 92.8 Å². The van der Waals surface area contributed by atoms with Crippen LogP contribution in [0.25, 0.3) is 21.8 Å². The fourth-order valence-corrected chi connectivity index (χ4v) is 4.08. The molecule has 2 heteroatoms. The standard InChI is InChI=1S/C20H24BrN.C6H6/c1-19(2,3)12-8-7-9-15-16(12)17-13(20(4,5)6)10-11-14(21)18(17)22-15;1-2-4-6-5-3-1/h7-11,22H,1-6H3;1-6H. The predicted octanol–water partition coefficient (Wildman–Crippen LogP) is 8.37. The molecule has 0 unspecified atom stereocenters. The van der Waals surface area contributed by atoms with Crippen molar-refractivity contribution in [3.05, 3.63) is 82.3 Å². The topological polar surface area (TPSA) is 15.8 Å². The van der Waals surface area contributed by atoms with Crippen molar-refractivity contribution in [1.29, 1.82) is 0 Å². The predicted molar refractivity (Wildman–Crippen MR) is 127 cm³/mol. The molecule has 4 rings (SSSR count). The summed E-state index contributed by atoms with van der Waals surface area (Å²) in [6, 6.07) is 23.0. The Morgan fingerprint density at radius 2 is 1.11 bits per heavy atom. The van der Waals surface area contributed by atoms with Crippen LogP contribution in [-0.2, 0) is 10.8 Å². The quantitative estimate of drug-likeness (QED) is 0.285. The molecule has 4 aromatic rings. The summed E-state index contributed by atoms with van der Waals surface area (Å²) < 4.78 is 1.13. The Bertz CT molecular complexity index is 1050. The van der Waals surface area contributed by atoms with E-state index in [1.54, 1.807) is 0 Å². The first-order valence-electron chi connectivity index (χ1n) is 9.84. The number of benzene rings is 3. The van der Waals surface area contributed by atoms with Gasteiger partial charge in [0.15, 0.2) is 0 Å². The van der Waals surface area contributed by atoms with Crippen LogP contribution < -0.4 is 0 Å². The molecule has 0 aliphatic heterocycles. The zero-order chi connectivity index (χ0) is 20.5. The molecule has 1 nitrogen and oxygen atoms in total. The second-order valence-electron chi connectivity index (χ2n) is 9.35. The number of rotatable bonds is 0. The van der Waals surface area contributed by atoms with Crippen molar-refractivity contribution in [1.82, 2.24) is 4.98 Å². The summed E-state index contributed by atoms with van der Waals surface area (Å²) in [4.78, 5) is 3.62. The maximum absolute atomic E-state index is 3.72. The van der Waals surface area contributed by atoms with E-state index in [9.17, 15) is 0 Å². The SMILES string of the molecule is CC(C)(C)c1cccc2[nH]c3c(Br)ccc(C(C)(C)C)c3c12.c1ccccc1. The summed E-state index contributed by atoms with van der Waals surface area (Å²) in [5, 5.41) is 2.73. The highest BCUT2D eigenvalue weighted by Gasteiger charge is 2.25. The van der Waals surface area contributed by atoms with Crippen LogP contribution in [-0.4, -0.2) is 4.98 Å². The third-order valence-electron chi connectivity index (χ3n) is 5.01. The average Bonchev–Trinajstić information content (AvgIpc) is 3.02. The van der Waals surface area contributed by atoms with Crippen LogP contribution in [0.5, 0.6) is 0 Å². The number of halogens is 1. The lowest BCUT2D eigenvalue weighted by atomic mass is 9.80. The third-order valence-corrected chi connectivity index (χ3v) is 5.67. The van der Waals surface area contributed by atoms with Gasteiger partial charge in [-0.3, -0.25) is 0 Å². The first-order chi connectivity index (χ1) is 13.1. The van der Waals surface area contributed by atoms with Gasteiger partial charge in [0, 0.05) is 20.8 Å². The molecule has 146 valence electrons. The number of hydrogen-bond acceptors (Lipinski definition) is 0. The second kappa shape index (κ2) is 7.75. The van der Waals surface area contributed by atoms with E-state index in [0.29, 0.717) is 0 Å². The van der Waals surface area contributed by atoms with Gasteiger partial charge < -0.3 is 4.98 Å². The van der Waals surface area contributed by atoms with E-state index in [1.807, 2.05) is 36.4 Å². The molecule has 0 aliphatic rings. The molecule has 1 N–H and O–H groups in total. The molecule has 0 radical (unpaired) electrons. The zero-order valence-corrected chi connectivity index (χ0v) is 19.3. The van der Waals surface area contributed by atoms with Gasteiger partial charge >= 0.3 is 0 Å². The van der Waals surface area contributed by atoms with Crippen molar-refractivity contribution in [3.8, 4) is 0 Å². The van der Waals surface area contributed by atoms with E-state index in [1.165, 1.54) is 32.9 Å². The first-order valence-corrected chi connectivity index (χ1v) is 10.6. The van der Waals surface area contributed by atoms with Gasteiger partial charge in [-0.05, 0) is 50.0 Å². The van der Waals surface area contributed by atoms with Gasteiger partial charge in [-0.2, -0.15) is 0 Å². The van der Waals surface area contributed by atoms with E-state index >= 15 is 0 Å². The van der Waals surface area contributed by atoms with E-state index in [0.717, 1.165) is 4.47 Å². The van der Waals surface area contributed by atoms with Crippen LogP contribution in [0.4, 0.5) is 0 Å². The molecule has 0 atom stereocenters. The van der Waals surface area contributed by atoms with Crippen molar-refractivity contribution in [2.24, 2.45) is 0 Å². The summed E-state index contributed by atoms with van der Waals surface area (Å²) in [6.45, 7) is 13.7. The van der Waals surface area contributed by atoms with Crippen molar-refractivity contribution in [3.63, 3.8) is 0 Å². The maximum atomic E-state index is 3.72. The first kappa shape index (κ1) is 20.7. The molecular formula is C26H30BrN. The van der Waals surface area contributed by atoms with Gasteiger partial charge in [0.2, 0.25) is 0 Å². The highest BCUT2D eigenvalue weighted by Crippen LogP contribution is 2.42. The minimum absolute atomic E-state index is 0.110.